The average Bonchev–Trinajstić information content (AvgIpc) is 2.53. The van der Waals surface area contributed by atoms with Gasteiger partial charge in [-0.3, -0.25) is 4.79 Å². The Labute approximate surface area is 130 Å². The molecule has 1 aliphatic rings. The lowest BCUT2D eigenvalue weighted by Crippen LogP contribution is -2.42. The van der Waals surface area contributed by atoms with E-state index in [4.69, 9.17) is 10.8 Å². The van der Waals surface area contributed by atoms with E-state index < -0.39 is 6.10 Å². The summed E-state index contributed by atoms with van der Waals surface area (Å²) in [5, 5.41) is 18.7. The van der Waals surface area contributed by atoms with Crippen molar-refractivity contribution in [2.75, 3.05) is 25.4 Å². The van der Waals surface area contributed by atoms with Gasteiger partial charge in [0.25, 0.3) is 5.91 Å². The van der Waals surface area contributed by atoms with Gasteiger partial charge in [0.05, 0.1) is 12.7 Å². The Kier molecular flexibility index (Phi) is 5.31. The molecule has 1 saturated heterocycles. The van der Waals surface area contributed by atoms with Crippen LogP contribution in [0, 0.1) is 5.92 Å². The molecule has 0 aromatic carbocycles. The average molecular weight is 308 g/mol. The zero-order chi connectivity index (χ0) is 16.3. The number of aliphatic hydroxyl groups excluding tert-OH is 2. The highest BCUT2D eigenvalue weighted by Gasteiger charge is 2.28. The zero-order valence-electron chi connectivity index (χ0n) is 13.1. The number of nitrogen functional groups attached to an aromatic ring is 1. The molecule has 22 heavy (non-hydrogen) atoms. The topological polar surface area (TPSA) is 113 Å². The van der Waals surface area contributed by atoms with Crippen LogP contribution in [0.15, 0.2) is 6.07 Å². The normalized spacial score (nSPS) is 17.8. The Hall–Kier alpha value is -1.73. The van der Waals surface area contributed by atoms with Crippen LogP contribution in [0.5, 0.6) is 0 Å². The molecule has 1 unspecified atom stereocenters. The molecule has 7 heteroatoms. The monoisotopic (exact) mass is 308 g/mol. The number of amides is 1. The first-order chi connectivity index (χ1) is 10.4. The molecule has 1 aliphatic heterocycles. The van der Waals surface area contributed by atoms with E-state index in [2.05, 4.69) is 9.97 Å². The van der Waals surface area contributed by atoms with E-state index in [1.54, 1.807) is 11.0 Å². The molecule has 0 saturated carbocycles. The first kappa shape index (κ1) is 16.6. The van der Waals surface area contributed by atoms with Crippen LogP contribution in [0.4, 0.5) is 5.95 Å². The number of rotatable bonds is 4. The predicted molar refractivity (Wildman–Crippen MR) is 82.3 cm³/mol. The molecule has 0 aliphatic carbocycles. The second kappa shape index (κ2) is 7.02. The van der Waals surface area contributed by atoms with Crippen molar-refractivity contribution in [3.05, 3.63) is 17.5 Å². The van der Waals surface area contributed by atoms with Crippen molar-refractivity contribution >= 4 is 11.9 Å². The number of nitrogens with zero attached hydrogens (tertiary/aromatic N) is 3. The summed E-state index contributed by atoms with van der Waals surface area (Å²) < 4.78 is 0. The summed E-state index contributed by atoms with van der Waals surface area (Å²) in [4.78, 5) is 22.4. The third-order valence-electron chi connectivity index (χ3n) is 4.13. The molecule has 1 aromatic heterocycles. The van der Waals surface area contributed by atoms with Crippen LogP contribution in [-0.2, 0) is 0 Å². The fraction of sp³-hybridized carbons (Fsp3) is 0.667. The maximum atomic E-state index is 12.5. The first-order valence-electron chi connectivity index (χ1n) is 7.65. The molecule has 0 bridgehead atoms. The number of carbonyl (C=O) groups is 1. The lowest BCUT2D eigenvalue weighted by atomic mass is 9.91. The van der Waals surface area contributed by atoms with Gasteiger partial charge in [0, 0.05) is 18.8 Å². The Morgan fingerprint density at radius 3 is 2.59 bits per heavy atom. The third kappa shape index (κ3) is 3.72. The number of carbonyl (C=O) groups excluding carboxylic acids is 1. The quantitative estimate of drug-likeness (QED) is 0.741. The molecular formula is C15H24N4O3. The van der Waals surface area contributed by atoms with Crippen LogP contribution in [-0.4, -0.2) is 56.8 Å². The lowest BCUT2D eigenvalue weighted by Gasteiger charge is -2.33. The van der Waals surface area contributed by atoms with Gasteiger partial charge >= 0.3 is 0 Å². The van der Waals surface area contributed by atoms with Crippen LogP contribution in [0.1, 0.15) is 48.8 Å². The molecule has 7 nitrogen and oxygen atoms in total. The summed E-state index contributed by atoms with van der Waals surface area (Å²) >= 11 is 0. The molecule has 4 N–H and O–H groups in total. The Morgan fingerprint density at radius 2 is 2.05 bits per heavy atom. The molecule has 2 rings (SSSR count). The summed E-state index contributed by atoms with van der Waals surface area (Å²) in [6.45, 7) is 4.82. The van der Waals surface area contributed by atoms with Crippen LogP contribution in [0.25, 0.3) is 0 Å². The number of nitrogens with two attached hydrogens (primary N) is 1. The SMILES string of the molecule is CC(C)c1cc(C(=O)N2CCC(C(O)CO)CC2)nc(N)n1. The van der Waals surface area contributed by atoms with Gasteiger partial charge in [-0.2, -0.15) is 0 Å². The second-order valence-electron chi connectivity index (χ2n) is 6.07. The van der Waals surface area contributed by atoms with Crippen molar-refractivity contribution in [3.63, 3.8) is 0 Å². The molecular weight excluding hydrogens is 284 g/mol. The first-order valence-corrected chi connectivity index (χ1v) is 7.65. The van der Waals surface area contributed by atoms with Crippen molar-refractivity contribution in [2.24, 2.45) is 5.92 Å². The molecule has 1 aromatic rings. The number of hydrogen-bond acceptors (Lipinski definition) is 6. The predicted octanol–water partition coefficient (Wildman–Crippen LogP) is 0.388. The van der Waals surface area contributed by atoms with E-state index in [1.807, 2.05) is 13.8 Å². The van der Waals surface area contributed by atoms with Gasteiger partial charge in [-0.1, -0.05) is 13.8 Å². The standard InChI is InChI=1S/C15H24N4O3/c1-9(2)11-7-12(18-15(16)17-11)14(22)19-5-3-10(4-6-19)13(21)8-20/h7,9-10,13,20-21H,3-6,8H2,1-2H3,(H2,16,17,18). The molecule has 0 radical (unpaired) electrons. The number of aromatic nitrogens is 2. The van der Waals surface area contributed by atoms with E-state index in [1.165, 1.54) is 0 Å². The van der Waals surface area contributed by atoms with Crippen LogP contribution >= 0.6 is 0 Å². The number of anilines is 1. The Morgan fingerprint density at radius 1 is 1.41 bits per heavy atom. The number of hydrogen-bond donors (Lipinski definition) is 3. The van der Waals surface area contributed by atoms with Gasteiger partial charge in [-0.15, -0.1) is 0 Å². The largest absolute Gasteiger partial charge is 0.394 e. The van der Waals surface area contributed by atoms with Gasteiger partial charge in [0.2, 0.25) is 5.95 Å². The number of aliphatic hydroxyl groups is 2. The van der Waals surface area contributed by atoms with Crippen molar-refractivity contribution in [2.45, 2.75) is 38.7 Å². The highest BCUT2D eigenvalue weighted by atomic mass is 16.3. The van der Waals surface area contributed by atoms with Gasteiger partial charge in [0.15, 0.2) is 0 Å². The lowest BCUT2D eigenvalue weighted by molar-refractivity contribution is 0.0177. The van der Waals surface area contributed by atoms with Gasteiger partial charge in [0.1, 0.15) is 5.69 Å². The van der Waals surface area contributed by atoms with E-state index in [-0.39, 0.29) is 30.3 Å². The summed E-state index contributed by atoms with van der Waals surface area (Å²) in [5.74, 6) is 0.158. The zero-order valence-corrected chi connectivity index (χ0v) is 13.1. The van der Waals surface area contributed by atoms with Gasteiger partial charge in [-0.25, -0.2) is 9.97 Å². The highest BCUT2D eigenvalue weighted by Crippen LogP contribution is 2.22. The molecule has 0 spiro atoms. The van der Waals surface area contributed by atoms with E-state index in [9.17, 15) is 9.90 Å². The minimum absolute atomic E-state index is 0.0377. The summed E-state index contributed by atoms with van der Waals surface area (Å²) in [6, 6.07) is 1.69. The molecule has 122 valence electrons. The summed E-state index contributed by atoms with van der Waals surface area (Å²) in [7, 11) is 0. The van der Waals surface area contributed by atoms with E-state index >= 15 is 0 Å². The summed E-state index contributed by atoms with van der Waals surface area (Å²) in [6.07, 6.45) is 0.635. The Bertz CT molecular complexity index is 528. The highest BCUT2D eigenvalue weighted by molar-refractivity contribution is 5.92. The third-order valence-corrected chi connectivity index (χ3v) is 4.13. The maximum absolute atomic E-state index is 12.5. The van der Waals surface area contributed by atoms with Crippen molar-refractivity contribution in [1.82, 2.24) is 14.9 Å². The molecule has 1 atom stereocenters. The maximum Gasteiger partial charge on any atom is 0.272 e. The van der Waals surface area contributed by atoms with Crippen molar-refractivity contribution in [3.8, 4) is 0 Å². The minimum atomic E-state index is -0.709. The van der Waals surface area contributed by atoms with E-state index in [0.717, 1.165) is 5.69 Å². The molecule has 1 amide bonds. The summed E-state index contributed by atoms with van der Waals surface area (Å²) in [5.41, 5.74) is 6.76. The fourth-order valence-corrected chi connectivity index (χ4v) is 2.69. The van der Waals surface area contributed by atoms with E-state index in [0.29, 0.717) is 31.6 Å². The minimum Gasteiger partial charge on any atom is -0.394 e. The number of piperidine rings is 1. The van der Waals surface area contributed by atoms with Gasteiger partial charge < -0.3 is 20.8 Å². The second-order valence-corrected chi connectivity index (χ2v) is 6.07. The van der Waals surface area contributed by atoms with Crippen molar-refractivity contribution in [1.29, 1.82) is 0 Å². The van der Waals surface area contributed by atoms with Crippen molar-refractivity contribution < 1.29 is 15.0 Å². The Balaban J connectivity index is 2.07. The van der Waals surface area contributed by atoms with Gasteiger partial charge in [-0.05, 0) is 30.7 Å². The fourth-order valence-electron chi connectivity index (χ4n) is 2.69. The smallest absolute Gasteiger partial charge is 0.272 e. The van der Waals surface area contributed by atoms with Crippen LogP contribution < -0.4 is 5.73 Å². The number of likely N-dealkylation sites (tertiary alicyclic amines) is 1. The molecule has 1 fully saturated rings. The molecule has 2 heterocycles. The van der Waals surface area contributed by atoms with Crippen LogP contribution in [0.3, 0.4) is 0 Å². The van der Waals surface area contributed by atoms with Crippen LogP contribution in [0.2, 0.25) is 0 Å².